The normalized spacial score (nSPS) is 15.5. The molecule has 1 atom stereocenters. The van der Waals surface area contributed by atoms with E-state index < -0.39 is 12.0 Å². The van der Waals surface area contributed by atoms with Crippen molar-refractivity contribution in [2.24, 2.45) is 4.99 Å². The first kappa shape index (κ1) is 22.5. The van der Waals surface area contributed by atoms with Gasteiger partial charge in [0.15, 0.2) is 4.80 Å². The first-order valence-electron chi connectivity index (χ1n) is 10.9. The number of esters is 1. The van der Waals surface area contributed by atoms with Crippen LogP contribution in [0.1, 0.15) is 24.1 Å². The number of aromatic nitrogens is 3. The van der Waals surface area contributed by atoms with Crippen molar-refractivity contribution in [3.05, 3.63) is 103 Å². The molecule has 9 heteroatoms. The first-order chi connectivity index (χ1) is 17.0. The summed E-state index contributed by atoms with van der Waals surface area (Å²) in [4.78, 5) is 31.6. The SMILES string of the molecule is COC(=O)C1=C(C)N=c2s/c(=C/c3cn[nH]c3-c3ccccc3)c(=O)n2[C@@H]1c1ccc(OC)cc1. The van der Waals surface area contributed by atoms with Crippen molar-refractivity contribution in [2.75, 3.05) is 14.2 Å². The average molecular weight is 487 g/mol. The predicted octanol–water partition coefficient (Wildman–Crippen LogP) is 2.81. The van der Waals surface area contributed by atoms with Crippen molar-refractivity contribution >= 4 is 23.4 Å². The maximum absolute atomic E-state index is 13.7. The van der Waals surface area contributed by atoms with Crippen LogP contribution in [0.5, 0.6) is 5.75 Å². The number of hydrogen-bond acceptors (Lipinski definition) is 7. The summed E-state index contributed by atoms with van der Waals surface area (Å²) in [6.45, 7) is 1.75. The number of hydrogen-bond donors (Lipinski definition) is 1. The maximum atomic E-state index is 13.7. The van der Waals surface area contributed by atoms with Crippen LogP contribution in [0.15, 0.2) is 81.9 Å². The Balaban J connectivity index is 1.70. The summed E-state index contributed by atoms with van der Waals surface area (Å²) in [5, 5.41) is 7.19. The molecule has 0 fully saturated rings. The second-order valence-electron chi connectivity index (χ2n) is 7.91. The Bertz CT molecular complexity index is 1610. The molecular formula is C26H22N4O4S. The molecule has 8 nitrogen and oxygen atoms in total. The van der Waals surface area contributed by atoms with Crippen LogP contribution in [0, 0.1) is 0 Å². The molecule has 0 saturated carbocycles. The van der Waals surface area contributed by atoms with Crippen LogP contribution in [0.25, 0.3) is 17.3 Å². The highest BCUT2D eigenvalue weighted by molar-refractivity contribution is 7.07. The van der Waals surface area contributed by atoms with E-state index in [4.69, 9.17) is 9.47 Å². The molecule has 0 saturated heterocycles. The second-order valence-corrected chi connectivity index (χ2v) is 8.92. The predicted molar refractivity (Wildman–Crippen MR) is 133 cm³/mol. The molecule has 0 radical (unpaired) electrons. The van der Waals surface area contributed by atoms with Gasteiger partial charge in [0.25, 0.3) is 5.56 Å². The highest BCUT2D eigenvalue weighted by Crippen LogP contribution is 2.31. The molecule has 0 aliphatic carbocycles. The Labute approximate surface area is 204 Å². The third-order valence-corrected chi connectivity index (χ3v) is 6.86. The molecule has 1 aliphatic heterocycles. The largest absolute Gasteiger partial charge is 0.497 e. The van der Waals surface area contributed by atoms with Gasteiger partial charge in [0, 0.05) is 11.1 Å². The number of thiazole rings is 1. The number of fused-ring (bicyclic) bond motifs is 1. The van der Waals surface area contributed by atoms with Crippen molar-refractivity contribution in [2.45, 2.75) is 13.0 Å². The van der Waals surface area contributed by atoms with Crippen LogP contribution in [0.2, 0.25) is 0 Å². The van der Waals surface area contributed by atoms with Crippen LogP contribution in [0.4, 0.5) is 0 Å². The summed E-state index contributed by atoms with van der Waals surface area (Å²) < 4.78 is 12.4. The lowest BCUT2D eigenvalue weighted by Crippen LogP contribution is -2.39. The number of ether oxygens (including phenoxy) is 2. The molecule has 0 unspecified atom stereocenters. The Morgan fingerprint density at radius 3 is 2.54 bits per heavy atom. The maximum Gasteiger partial charge on any atom is 0.338 e. The van der Waals surface area contributed by atoms with Crippen LogP contribution in [-0.4, -0.2) is 35.0 Å². The zero-order chi connectivity index (χ0) is 24.5. The minimum absolute atomic E-state index is 0.247. The minimum Gasteiger partial charge on any atom is -0.497 e. The van der Waals surface area contributed by atoms with Crippen LogP contribution < -0.4 is 19.6 Å². The van der Waals surface area contributed by atoms with E-state index in [1.54, 1.807) is 43.0 Å². The van der Waals surface area contributed by atoms with E-state index in [1.807, 2.05) is 42.5 Å². The van der Waals surface area contributed by atoms with Gasteiger partial charge < -0.3 is 9.47 Å². The summed E-state index contributed by atoms with van der Waals surface area (Å²) in [5.74, 6) is 0.150. The molecule has 1 aliphatic rings. The highest BCUT2D eigenvalue weighted by atomic mass is 32.1. The Kier molecular flexibility index (Phi) is 5.92. The molecule has 0 amide bonds. The third kappa shape index (κ3) is 4.00. The number of benzene rings is 2. The van der Waals surface area contributed by atoms with Gasteiger partial charge in [-0.05, 0) is 30.7 Å². The number of H-pyrrole nitrogens is 1. The number of rotatable bonds is 5. The first-order valence-corrected chi connectivity index (χ1v) is 11.7. The average Bonchev–Trinajstić information content (AvgIpc) is 3.47. The molecule has 2 aromatic heterocycles. The molecular weight excluding hydrogens is 464 g/mol. The molecule has 0 bridgehead atoms. The van der Waals surface area contributed by atoms with Crippen molar-refractivity contribution < 1.29 is 14.3 Å². The summed E-state index contributed by atoms with van der Waals surface area (Å²) in [5.41, 5.74) is 3.90. The summed E-state index contributed by atoms with van der Waals surface area (Å²) in [7, 11) is 2.91. The van der Waals surface area contributed by atoms with Gasteiger partial charge in [0.05, 0.1) is 48.0 Å². The summed E-state index contributed by atoms with van der Waals surface area (Å²) in [6, 6.07) is 16.4. The van der Waals surface area contributed by atoms with Gasteiger partial charge in [-0.15, -0.1) is 0 Å². The molecule has 4 aromatic rings. The van der Waals surface area contributed by atoms with E-state index in [0.717, 1.165) is 22.4 Å². The number of carbonyl (C=O) groups is 1. The summed E-state index contributed by atoms with van der Waals surface area (Å²) in [6.07, 6.45) is 3.49. The van der Waals surface area contributed by atoms with Gasteiger partial charge >= 0.3 is 5.97 Å². The number of allylic oxidation sites excluding steroid dienone is 1. The van der Waals surface area contributed by atoms with Crippen LogP contribution in [0.3, 0.4) is 0 Å². The van der Waals surface area contributed by atoms with Crippen molar-refractivity contribution in [1.29, 1.82) is 0 Å². The highest BCUT2D eigenvalue weighted by Gasteiger charge is 2.33. The molecule has 2 aromatic carbocycles. The second kappa shape index (κ2) is 9.19. The smallest absolute Gasteiger partial charge is 0.338 e. The molecule has 3 heterocycles. The zero-order valence-corrected chi connectivity index (χ0v) is 20.1. The Morgan fingerprint density at radius 2 is 1.86 bits per heavy atom. The Hall–Kier alpha value is -4.24. The Morgan fingerprint density at radius 1 is 1.11 bits per heavy atom. The van der Waals surface area contributed by atoms with Gasteiger partial charge in [0.1, 0.15) is 5.75 Å². The van der Waals surface area contributed by atoms with Gasteiger partial charge in [-0.2, -0.15) is 5.10 Å². The van der Waals surface area contributed by atoms with E-state index in [0.29, 0.717) is 26.4 Å². The van der Waals surface area contributed by atoms with Crippen LogP contribution in [-0.2, 0) is 9.53 Å². The van der Waals surface area contributed by atoms with E-state index in [-0.39, 0.29) is 5.56 Å². The topological polar surface area (TPSA) is 98.6 Å². The number of nitrogens with zero attached hydrogens (tertiary/aromatic N) is 3. The zero-order valence-electron chi connectivity index (χ0n) is 19.3. The fourth-order valence-electron chi connectivity index (χ4n) is 4.18. The van der Waals surface area contributed by atoms with Gasteiger partial charge in [-0.1, -0.05) is 53.8 Å². The van der Waals surface area contributed by atoms with E-state index >= 15 is 0 Å². The monoisotopic (exact) mass is 486 g/mol. The van der Waals surface area contributed by atoms with E-state index in [9.17, 15) is 9.59 Å². The molecule has 5 rings (SSSR count). The van der Waals surface area contributed by atoms with E-state index in [2.05, 4.69) is 15.2 Å². The number of carbonyl (C=O) groups excluding carboxylic acids is 1. The quantitative estimate of drug-likeness (QED) is 0.438. The van der Waals surface area contributed by atoms with Crippen molar-refractivity contribution in [3.63, 3.8) is 0 Å². The fraction of sp³-hybridized carbons (Fsp3) is 0.154. The molecule has 1 N–H and O–H groups in total. The minimum atomic E-state index is -0.676. The standard InChI is InChI=1S/C26H22N4O4S/c1-15-21(25(32)34-3)23(17-9-11-19(33-2)12-10-17)30-24(31)20(35-26(30)28-15)13-18-14-27-29-22(18)16-7-5-4-6-8-16/h4-14,23H,1-3H3,(H,27,29)/b20-13+/t23-/m1/s1. The third-order valence-electron chi connectivity index (χ3n) is 5.88. The fourth-order valence-corrected chi connectivity index (χ4v) is 5.21. The summed E-state index contributed by atoms with van der Waals surface area (Å²) >= 11 is 1.27. The number of methoxy groups -OCH3 is 2. The number of aromatic amines is 1. The van der Waals surface area contributed by atoms with Crippen LogP contribution >= 0.6 is 11.3 Å². The van der Waals surface area contributed by atoms with E-state index in [1.165, 1.54) is 18.4 Å². The number of nitrogens with one attached hydrogen (secondary N) is 1. The van der Waals surface area contributed by atoms with Gasteiger partial charge in [0.2, 0.25) is 0 Å². The van der Waals surface area contributed by atoms with Crippen molar-refractivity contribution in [1.82, 2.24) is 14.8 Å². The van der Waals surface area contributed by atoms with Gasteiger partial charge in [-0.25, -0.2) is 9.79 Å². The van der Waals surface area contributed by atoms with Gasteiger partial charge in [-0.3, -0.25) is 14.5 Å². The lowest BCUT2D eigenvalue weighted by Gasteiger charge is -2.24. The van der Waals surface area contributed by atoms with Crippen molar-refractivity contribution in [3.8, 4) is 17.0 Å². The molecule has 176 valence electrons. The lowest BCUT2D eigenvalue weighted by atomic mass is 9.96. The molecule has 0 spiro atoms. The lowest BCUT2D eigenvalue weighted by molar-refractivity contribution is -0.136. The molecule has 35 heavy (non-hydrogen) atoms.